The van der Waals surface area contributed by atoms with Gasteiger partial charge in [-0.25, -0.2) is 0 Å². The lowest BCUT2D eigenvalue weighted by Crippen LogP contribution is -2.45. The van der Waals surface area contributed by atoms with Crippen molar-refractivity contribution >= 4 is 11.8 Å². The SMILES string of the molecule is CCOC(=O)[C@@H](NCc1ccc(OC)cc1)[C@H](C)C(C)=O. The molecule has 0 fully saturated rings. The summed E-state index contributed by atoms with van der Waals surface area (Å²) in [6.07, 6.45) is 0. The van der Waals surface area contributed by atoms with Crippen LogP contribution in [0.3, 0.4) is 0 Å². The molecule has 0 bridgehead atoms. The third-order valence-electron chi connectivity index (χ3n) is 3.37. The molecule has 1 N–H and O–H groups in total. The van der Waals surface area contributed by atoms with Crippen molar-refractivity contribution < 1.29 is 19.1 Å². The van der Waals surface area contributed by atoms with Gasteiger partial charge >= 0.3 is 5.97 Å². The summed E-state index contributed by atoms with van der Waals surface area (Å²) in [7, 11) is 1.61. The van der Waals surface area contributed by atoms with Crippen LogP contribution in [0.5, 0.6) is 5.75 Å². The molecule has 2 atom stereocenters. The van der Waals surface area contributed by atoms with Crippen molar-refractivity contribution in [3.05, 3.63) is 29.8 Å². The topological polar surface area (TPSA) is 64.6 Å². The molecule has 0 aliphatic heterocycles. The fourth-order valence-electron chi connectivity index (χ4n) is 1.90. The van der Waals surface area contributed by atoms with Crippen molar-refractivity contribution in [2.24, 2.45) is 5.92 Å². The van der Waals surface area contributed by atoms with Crippen molar-refractivity contribution in [2.45, 2.75) is 33.4 Å². The van der Waals surface area contributed by atoms with E-state index in [4.69, 9.17) is 9.47 Å². The average molecular weight is 293 g/mol. The Kier molecular flexibility index (Phi) is 6.88. The highest BCUT2D eigenvalue weighted by atomic mass is 16.5. The van der Waals surface area contributed by atoms with Gasteiger partial charge in [0.25, 0.3) is 0 Å². The van der Waals surface area contributed by atoms with E-state index >= 15 is 0 Å². The van der Waals surface area contributed by atoms with Crippen LogP contribution in [0.25, 0.3) is 0 Å². The van der Waals surface area contributed by atoms with Gasteiger partial charge < -0.3 is 9.47 Å². The van der Waals surface area contributed by atoms with E-state index < -0.39 is 17.9 Å². The van der Waals surface area contributed by atoms with Gasteiger partial charge in [-0.1, -0.05) is 19.1 Å². The van der Waals surface area contributed by atoms with E-state index in [9.17, 15) is 9.59 Å². The van der Waals surface area contributed by atoms with Crippen LogP contribution in [0, 0.1) is 5.92 Å². The van der Waals surface area contributed by atoms with Crippen LogP contribution in [0.4, 0.5) is 0 Å². The number of hydrogen-bond donors (Lipinski definition) is 1. The van der Waals surface area contributed by atoms with Crippen molar-refractivity contribution in [2.75, 3.05) is 13.7 Å². The summed E-state index contributed by atoms with van der Waals surface area (Å²) in [5.41, 5.74) is 1.00. The molecule has 1 aromatic rings. The maximum Gasteiger partial charge on any atom is 0.323 e. The Labute approximate surface area is 125 Å². The zero-order valence-electron chi connectivity index (χ0n) is 13.0. The quantitative estimate of drug-likeness (QED) is 0.742. The van der Waals surface area contributed by atoms with E-state index in [0.717, 1.165) is 11.3 Å². The van der Waals surface area contributed by atoms with Gasteiger partial charge in [-0.15, -0.1) is 0 Å². The number of benzene rings is 1. The Morgan fingerprint density at radius 3 is 2.33 bits per heavy atom. The zero-order chi connectivity index (χ0) is 15.8. The van der Waals surface area contributed by atoms with Crippen LogP contribution in [0.1, 0.15) is 26.3 Å². The molecule has 0 heterocycles. The first-order valence-electron chi connectivity index (χ1n) is 7.03. The standard InChI is InChI=1S/C16H23NO4/c1-5-21-16(19)15(11(2)12(3)18)17-10-13-6-8-14(20-4)9-7-13/h6-9,11,15,17H,5,10H2,1-4H3/t11-,15+/m1/s1. The third-order valence-corrected chi connectivity index (χ3v) is 3.37. The molecule has 0 radical (unpaired) electrons. The fourth-order valence-corrected chi connectivity index (χ4v) is 1.90. The van der Waals surface area contributed by atoms with Gasteiger partial charge in [-0.2, -0.15) is 0 Å². The van der Waals surface area contributed by atoms with Gasteiger partial charge in [0.1, 0.15) is 17.6 Å². The van der Waals surface area contributed by atoms with Crippen molar-refractivity contribution in [1.82, 2.24) is 5.32 Å². The van der Waals surface area contributed by atoms with Gasteiger partial charge in [0.15, 0.2) is 0 Å². The summed E-state index contributed by atoms with van der Waals surface area (Å²) in [4.78, 5) is 23.5. The second-order valence-corrected chi connectivity index (χ2v) is 4.86. The Morgan fingerprint density at radius 1 is 1.24 bits per heavy atom. The number of methoxy groups -OCH3 is 1. The third kappa shape index (κ3) is 5.19. The summed E-state index contributed by atoms with van der Waals surface area (Å²) in [5.74, 6) is -0.0934. The first-order valence-corrected chi connectivity index (χ1v) is 7.03. The second kappa shape index (κ2) is 8.42. The molecule has 0 aliphatic carbocycles. The monoisotopic (exact) mass is 293 g/mol. The van der Waals surface area contributed by atoms with Crippen LogP contribution in [-0.4, -0.2) is 31.5 Å². The van der Waals surface area contributed by atoms with Gasteiger partial charge in [-0.3, -0.25) is 14.9 Å². The van der Waals surface area contributed by atoms with E-state index in [2.05, 4.69) is 5.32 Å². The van der Waals surface area contributed by atoms with Crippen LogP contribution in [0.15, 0.2) is 24.3 Å². The predicted molar refractivity (Wildman–Crippen MR) is 80.1 cm³/mol. The molecule has 5 heteroatoms. The lowest BCUT2D eigenvalue weighted by atomic mass is 9.97. The highest BCUT2D eigenvalue weighted by molar-refractivity contribution is 5.87. The second-order valence-electron chi connectivity index (χ2n) is 4.86. The van der Waals surface area contributed by atoms with Crippen molar-refractivity contribution in [3.8, 4) is 5.75 Å². The molecule has 5 nitrogen and oxygen atoms in total. The normalized spacial score (nSPS) is 13.3. The Balaban J connectivity index is 2.71. The van der Waals surface area contributed by atoms with E-state index in [1.807, 2.05) is 24.3 Å². The van der Waals surface area contributed by atoms with Gasteiger partial charge in [0.2, 0.25) is 0 Å². The molecule has 116 valence electrons. The van der Waals surface area contributed by atoms with Crippen molar-refractivity contribution in [1.29, 1.82) is 0 Å². The van der Waals surface area contributed by atoms with E-state index in [0.29, 0.717) is 13.2 Å². The predicted octanol–water partition coefficient (Wildman–Crippen LogP) is 1.94. The number of ether oxygens (including phenoxy) is 2. The Hall–Kier alpha value is -1.88. The molecule has 0 unspecified atom stereocenters. The average Bonchev–Trinajstić information content (AvgIpc) is 2.48. The van der Waals surface area contributed by atoms with Crippen LogP contribution >= 0.6 is 0 Å². The minimum atomic E-state index is -0.635. The minimum absolute atomic E-state index is 0.0460. The fraction of sp³-hybridized carbons (Fsp3) is 0.500. The number of carbonyl (C=O) groups excluding carboxylic acids is 2. The number of esters is 1. The number of ketones is 1. The van der Waals surface area contributed by atoms with Crippen LogP contribution in [0.2, 0.25) is 0 Å². The summed E-state index contributed by atoms with van der Waals surface area (Å²) < 4.78 is 10.1. The number of Topliss-reactive ketones (excluding diaryl/α,β-unsaturated/α-hetero) is 1. The number of nitrogens with one attached hydrogen (secondary N) is 1. The lowest BCUT2D eigenvalue weighted by molar-refractivity contribution is -0.148. The van der Waals surface area contributed by atoms with Crippen LogP contribution < -0.4 is 10.1 Å². The minimum Gasteiger partial charge on any atom is -0.497 e. The number of rotatable bonds is 8. The maximum absolute atomic E-state index is 12.0. The zero-order valence-corrected chi connectivity index (χ0v) is 13.0. The molecule has 0 saturated heterocycles. The van der Waals surface area contributed by atoms with E-state index in [-0.39, 0.29) is 5.78 Å². The first-order chi connectivity index (χ1) is 9.99. The van der Waals surface area contributed by atoms with E-state index in [1.54, 1.807) is 21.0 Å². The Morgan fingerprint density at radius 2 is 1.86 bits per heavy atom. The Bertz CT molecular complexity index is 470. The molecule has 0 amide bonds. The van der Waals surface area contributed by atoms with Gasteiger partial charge in [-0.05, 0) is 31.5 Å². The molecule has 1 aromatic carbocycles. The molecular weight excluding hydrogens is 270 g/mol. The smallest absolute Gasteiger partial charge is 0.323 e. The summed E-state index contributed by atoms with van der Waals surface area (Å²) in [6, 6.07) is 6.89. The highest BCUT2D eigenvalue weighted by Crippen LogP contribution is 2.13. The molecule has 0 spiro atoms. The van der Waals surface area contributed by atoms with Gasteiger partial charge in [0.05, 0.1) is 13.7 Å². The summed E-state index contributed by atoms with van der Waals surface area (Å²) in [5, 5.41) is 3.10. The largest absolute Gasteiger partial charge is 0.497 e. The van der Waals surface area contributed by atoms with E-state index in [1.165, 1.54) is 6.92 Å². The molecule has 21 heavy (non-hydrogen) atoms. The maximum atomic E-state index is 12.0. The molecule has 0 aliphatic rings. The van der Waals surface area contributed by atoms with Crippen LogP contribution in [-0.2, 0) is 20.9 Å². The lowest BCUT2D eigenvalue weighted by Gasteiger charge is -2.21. The van der Waals surface area contributed by atoms with Gasteiger partial charge in [0, 0.05) is 12.5 Å². The summed E-state index contributed by atoms with van der Waals surface area (Å²) >= 11 is 0. The first kappa shape index (κ1) is 17.2. The molecule has 1 rings (SSSR count). The number of hydrogen-bond acceptors (Lipinski definition) is 5. The number of carbonyl (C=O) groups is 2. The molecule has 0 aromatic heterocycles. The summed E-state index contributed by atoms with van der Waals surface area (Å²) in [6.45, 7) is 5.73. The van der Waals surface area contributed by atoms with Crippen molar-refractivity contribution in [3.63, 3.8) is 0 Å². The highest BCUT2D eigenvalue weighted by Gasteiger charge is 2.28. The molecular formula is C16H23NO4. The molecule has 0 saturated carbocycles.